The van der Waals surface area contributed by atoms with Gasteiger partial charge in [0.2, 0.25) is 0 Å². The van der Waals surface area contributed by atoms with Gasteiger partial charge < -0.3 is 0 Å². The van der Waals surface area contributed by atoms with Crippen LogP contribution in [-0.2, 0) is 12.8 Å². The van der Waals surface area contributed by atoms with E-state index < -0.39 is 0 Å². The Morgan fingerprint density at radius 1 is 1.41 bits per heavy atom. The van der Waals surface area contributed by atoms with Gasteiger partial charge in [-0.3, -0.25) is 9.89 Å². The highest BCUT2D eigenvalue weighted by Crippen LogP contribution is 2.09. The molecule has 0 atom stereocenters. The minimum Gasteiger partial charge on any atom is -0.276 e. The maximum absolute atomic E-state index is 11.9. The lowest BCUT2D eigenvalue weighted by molar-refractivity contribution is 0.645. The van der Waals surface area contributed by atoms with Crippen molar-refractivity contribution in [3.8, 4) is 0 Å². The van der Waals surface area contributed by atoms with Crippen molar-refractivity contribution in [2.75, 3.05) is 0 Å². The van der Waals surface area contributed by atoms with Gasteiger partial charge in [-0.15, -0.1) is 0 Å². The first-order chi connectivity index (χ1) is 8.10. The summed E-state index contributed by atoms with van der Waals surface area (Å²) >= 11 is 0. The third kappa shape index (κ3) is 2.57. The number of pyridine rings is 1. The number of aromatic nitrogens is 3. The Bertz CT molecular complexity index is 566. The average Bonchev–Trinajstić information content (AvgIpc) is 2.60. The molecule has 0 fully saturated rings. The summed E-state index contributed by atoms with van der Waals surface area (Å²) in [5.74, 6) is 1.43. The first-order valence-electron chi connectivity index (χ1n) is 6.20. The minimum atomic E-state index is -0.0204. The SMILES string of the molecule is CCCc1nc2cc(CC(C)C)cc(=O)n2[nH]1. The standard InChI is InChI=1S/C13H19N3O/c1-4-5-11-14-12-7-10(6-9(2)3)8-13(17)16(12)15-11/h7-9H,4-6H2,1-3H3,(H,14,15). The molecule has 0 bridgehead atoms. The smallest absolute Gasteiger partial charge is 0.271 e. The average molecular weight is 233 g/mol. The molecule has 2 aromatic heterocycles. The number of H-pyrrole nitrogens is 1. The normalized spacial score (nSPS) is 11.5. The Morgan fingerprint density at radius 3 is 2.82 bits per heavy atom. The van der Waals surface area contributed by atoms with E-state index in [-0.39, 0.29) is 5.56 Å². The highest BCUT2D eigenvalue weighted by Gasteiger charge is 2.06. The number of hydrogen-bond donors (Lipinski definition) is 1. The number of nitrogens with one attached hydrogen (secondary N) is 1. The van der Waals surface area contributed by atoms with Crippen molar-refractivity contribution in [1.29, 1.82) is 0 Å². The lowest BCUT2D eigenvalue weighted by Crippen LogP contribution is -2.14. The first kappa shape index (κ1) is 11.9. The van der Waals surface area contributed by atoms with Crippen molar-refractivity contribution in [2.24, 2.45) is 5.92 Å². The van der Waals surface area contributed by atoms with Crippen LogP contribution in [-0.4, -0.2) is 14.6 Å². The molecule has 0 spiro atoms. The van der Waals surface area contributed by atoms with Crippen LogP contribution in [0.4, 0.5) is 0 Å². The molecule has 92 valence electrons. The van der Waals surface area contributed by atoms with Crippen molar-refractivity contribution in [2.45, 2.75) is 40.0 Å². The Morgan fingerprint density at radius 2 is 2.18 bits per heavy atom. The fourth-order valence-corrected chi connectivity index (χ4v) is 2.03. The molecule has 2 rings (SSSR count). The van der Waals surface area contributed by atoms with E-state index in [2.05, 4.69) is 30.9 Å². The predicted molar refractivity (Wildman–Crippen MR) is 68.3 cm³/mol. The molecular weight excluding hydrogens is 214 g/mol. The highest BCUT2D eigenvalue weighted by atomic mass is 16.1. The topological polar surface area (TPSA) is 50.2 Å². The van der Waals surface area contributed by atoms with E-state index in [9.17, 15) is 4.79 Å². The Hall–Kier alpha value is -1.58. The molecule has 17 heavy (non-hydrogen) atoms. The van der Waals surface area contributed by atoms with Crippen LogP contribution in [0.1, 0.15) is 38.6 Å². The molecule has 0 aliphatic heterocycles. The van der Waals surface area contributed by atoms with Crippen LogP contribution in [0.15, 0.2) is 16.9 Å². The van der Waals surface area contributed by atoms with Crippen molar-refractivity contribution in [1.82, 2.24) is 14.6 Å². The summed E-state index contributed by atoms with van der Waals surface area (Å²) in [5.41, 5.74) is 1.78. The van der Waals surface area contributed by atoms with Crippen molar-refractivity contribution < 1.29 is 0 Å². The number of fused-ring (bicyclic) bond motifs is 1. The number of rotatable bonds is 4. The predicted octanol–water partition coefficient (Wildman–Crippen LogP) is 2.17. The van der Waals surface area contributed by atoms with E-state index in [1.807, 2.05) is 6.07 Å². The van der Waals surface area contributed by atoms with Crippen LogP contribution in [0.5, 0.6) is 0 Å². The number of aromatic amines is 1. The van der Waals surface area contributed by atoms with Gasteiger partial charge in [-0.05, 0) is 30.4 Å². The molecule has 0 amide bonds. The summed E-state index contributed by atoms with van der Waals surface area (Å²) in [6.45, 7) is 6.39. The van der Waals surface area contributed by atoms with Gasteiger partial charge in [-0.1, -0.05) is 20.8 Å². The van der Waals surface area contributed by atoms with E-state index in [1.54, 1.807) is 6.07 Å². The molecule has 0 aliphatic carbocycles. The van der Waals surface area contributed by atoms with Crippen LogP contribution in [0.2, 0.25) is 0 Å². The molecule has 1 N–H and O–H groups in total. The zero-order chi connectivity index (χ0) is 12.4. The van der Waals surface area contributed by atoms with Crippen LogP contribution in [0.25, 0.3) is 5.65 Å². The van der Waals surface area contributed by atoms with E-state index in [0.29, 0.717) is 5.92 Å². The van der Waals surface area contributed by atoms with Gasteiger partial charge in [0, 0.05) is 12.5 Å². The summed E-state index contributed by atoms with van der Waals surface area (Å²) in [6, 6.07) is 3.69. The molecule has 2 heterocycles. The molecular formula is C13H19N3O. The van der Waals surface area contributed by atoms with Gasteiger partial charge in [-0.25, -0.2) is 9.50 Å². The van der Waals surface area contributed by atoms with Crippen molar-refractivity contribution in [3.05, 3.63) is 33.9 Å². The monoisotopic (exact) mass is 233 g/mol. The van der Waals surface area contributed by atoms with Gasteiger partial charge >= 0.3 is 0 Å². The molecule has 0 saturated carbocycles. The summed E-state index contributed by atoms with van der Waals surface area (Å²) < 4.78 is 1.52. The van der Waals surface area contributed by atoms with Gasteiger partial charge in [0.25, 0.3) is 5.56 Å². The van der Waals surface area contributed by atoms with E-state index in [0.717, 1.165) is 36.3 Å². The third-order valence-electron chi connectivity index (χ3n) is 2.69. The third-order valence-corrected chi connectivity index (χ3v) is 2.69. The molecule has 4 heteroatoms. The maximum Gasteiger partial charge on any atom is 0.271 e. The lowest BCUT2D eigenvalue weighted by Gasteiger charge is -2.03. The maximum atomic E-state index is 11.9. The zero-order valence-electron chi connectivity index (χ0n) is 10.7. The molecule has 0 aliphatic rings. The Labute approximate surface area is 101 Å². The summed E-state index contributed by atoms with van der Waals surface area (Å²) in [5, 5.41) is 3.04. The Balaban J connectivity index is 2.45. The number of nitrogens with zero attached hydrogens (tertiary/aromatic N) is 2. The second-order valence-electron chi connectivity index (χ2n) is 4.91. The van der Waals surface area contributed by atoms with Crippen molar-refractivity contribution in [3.63, 3.8) is 0 Å². The van der Waals surface area contributed by atoms with Gasteiger partial charge in [0.15, 0.2) is 5.65 Å². The van der Waals surface area contributed by atoms with Crippen LogP contribution < -0.4 is 5.56 Å². The molecule has 2 aromatic rings. The Kier molecular flexibility index (Phi) is 3.31. The van der Waals surface area contributed by atoms with Crippen LogP contribution >= 0.6 is 0 Å². The van der Waals surface area contributed by atoms with Crippen LogP contribution in [0.3, 0.4) is 0 Å². The molecule has 0 unspecified atom stereocenters. The molecule has 0 aromatic carbocycles. The zero-order valence-corrected chi connectivity index (χ0v) is 10.7. The largest absolute Gasteiger partial charge is 0.276 e. The number of hydrogen-bond acceptors (Lipinski definition) is 2. The molecule has 0 saturated heterocycles. The number of aryl methyl sites for hydroxylation is 1. The van der Waals surface area contributed by atoms with Gasteiger partial charge in [0.05, 0.1) is 0 Å². The van der Waals surface area contributed by atoms with Crippen LogP contribution in [0, 0.1) is 5.92 Å². The summed E-state index contributed by atoms with van der Waals surface area (Å²) in [6.07, 6.45) is 2.82. The quantitative estimate of drug-likeness (QED) is 0.880. The fourth-order valence-electron chi connectivity index (χ4n) is 2.03. The second-order valence-corrected chi connectivity index (χ2v) is 4.91. The van der Waals surface area contributed by atoms with Gasteiger partial charge in [0.1, 0.15) is 5.82 Å². The van der Waals surface area contributed by atoms with E-state index in [1.165, 1.54) is 4.52 Å². The van der Waals surface area contributed by atoms with Crippen molar-refractivity contribution >= 4 is 5.65 Å². The molecule has 4 nitrogen and oxygen atoms in total. The molecule has 0 radical (unpaired) electrons. The second kappa shape index (κ2) is 4.73. The fraction of sp³-hybridized carbons (Fsp3) is 0.538. The first-order valence-corrected chi connectivity index (χ1v) is 6.20. The van der Waals surface area contributed by atoms with E-state index >= 15 is 0 Å². The highest BCUT2D eigenvalue weighted by molar-refractivity contribution is 5.40. The summed E-state index contributed by atoms with van der Waals surface area (Å²) in [7, 11) is 0. The minimum absolute atomic E-state index is 0.0204. The van der Waals surface area contributed by atoms with Gasteiger partial charge in [-0.2, -0.15) is 0 Å². The summed E-state index contributed by atoms with van der Waals surface area (Å²) in [4.78, 5) is 16.3. The van der Waals surface area contributed by atoms with E-state index in [4.69, 9.17) is 0 Å². The lowest BCUT2D eigenvalue weighted by atomic mass is 10.0.